The minimum Gasteiger partial charge on any atom is -0.480 e. The molecule has 6 heteroatoms. The van der Waals surface area contributed by atoms with Crippen LogP contribution >= 0.6 is 11.8 Å². The number of carboxylic acids is 1. The molecule has 0 aliphatic rings. The number of carboxylic acid groups (broad SMARTS) is 1. The monoisotopic (exact) mass is 268 g/mol. The van der Waals surface area contributed by atoms with Crippen molar-refractivity contribution in [2.24, 2.45) is 0 Å². The molecular weight excluding hydrogens is 252 g/mol. The minimum absolute atomic E-state index is 0.206. The summed E-state index contributed by atoms with van der Waals surface area (Å²) in [6.45, 7) is 1.88. The highest BCUT2D eigenvalue weighted by molar-refractivity contribution is 8.00. The highest BCUT2D eigenvalue weighted by atomic mass is 32.2. The van der Waals surface area contributed by atoms with Gasteiger partial charge in [0.2, 0.25) is 5.91 Å². The zero-order valence-corrected chi connectivity index (χ0v) is 10.9. The third kappa shape index (κ3) is 5.18. The lowest BCUT2D eigenvalue weighted by Crippen LogP contribution is -2.41. The van der Waals surface area contributed by atoms with Crippen LogP contribution in [0.15, 0.2) is 29.4 Å². The Kier molecular flexibility index (Phi) is 6.21. The molecule has 0 aliphatic carbocycles. The molecule has 98 valence electrons. The molecular formula is C12H16N2O3S. The van der Waals surface area contributed by atoms with Gasteiger partial charge in [-0.15, -0.1) is 11.8 Å². The summed E-state index contributed by atoms with van der Waals surface area (Å²) in [4.78, 5) is 27.3. The molecule has 0 bridgehead atoms. The lowest BCUT2D eigenvalue weighted by molar-refractivity contribution is -0.141. The topological polar surface area (TPSA) is 79.3 Å². The largest absolute Gasteiger partial charge is 0.480 e. The molecule has 5 nitrogen and oxygen atoms in total. The first-order valence-electron chi connectivity index (χ1n) is 5.68. The summed E-state index contributed by atoms with van der Waals surface area (Å²) in [6.07, 6.45) is 4.46. The van der Waals surface area contributed by atoms with Crippen LogP contribution in [0.3, 0.4) is 0 Å². The summed E-state index contributed by atoms with van der Waals surface area (Å²) in [5.74, 6) is -1.05. The first-order valence-corrected chi connectivity index (χ1v) is 6.67. The van der Waals surface area contributed by atoms with E-state index in [0.717, 1.165) is 11.3 Å². The molecule has 0 aromatic carbocycles. The fourth-order valence-corrected chi connectivity index (χ4v) is 2.06. The van der Waals surface area contributed by atoms with Gasteiger partial charge >= 0.3 is 5.97 Å². The zero-order chi connectivity index (χ0) is 13.4. The molecule has 0 radical (unpaired) electrons. The van der Waals surface area contributed by atoms with Crippen molar-refractivity contribution < 1.29 is 14.7 Å². The average Bonchev–Trinajstić information content (AvgIpc) is 2.37. The Hall–Kier alpha value is -1.56. The quantitative estimate of drug-likeness (QED) is 0.733. The smallest absolute Gasteiger partial charge is 0.326 e. The zero-order valence-electron chi connectivity index (χ0n) is 10.1. The SMILES string of the molecule is CCC[C@@H](NC(=O)CSc1ccncc1)C(=O)O. The number of aromatic nitrogens is 1. The van der Waals surface area contributed by atoms with Crippen molar-refractivity contribution >= 4 is 23.6 Å². The number of aliphatic carboxylic acids is 1. The van der Waals surface area contributed by atoms with Crippen molar-refractivity contribution in [3.05, 3.63) is 24.5 Å². The van der Waals surface area contributed by atoms with Gasteiger partial charge in [-0.05, 0) is 18.6 Å². The third-order valence-corrected chi connectivity index (χ3v) is 3.24. The van der Waals surface area contributed by atoms with Crippen molar-refractivity contribution in [1.82, 2.24) is 10.3 Å². The van der Waals surface area contributed by atoms with Crippen molar-refractivity contribution in [2.45, 2.75) is 30.7 Å². The molecule has 0 saturated carbocycles. The Morgan fingerprint density at radius 1 is 1.44 bits per heavy atom. The van der Waals surface area contributed by atoms with E-state index in [1.165, 1.54) is 11.8 Å². The molecule has 2 N–H and O–H groups in total. The highest BCUT2D eigenvalue weighted by Crippen LogP contribution is 2.15. The number of nitrogens with zero attached hydrogens (tertiary/aromatic N) is 1. The number of hydrogen-bond acceptors (Lipinski definition) is 4. The van der Waals surface area contributed by atoms with E-state index >= 15 is 0 Å². The summed E-state index contributed by atoms with van der Waals surface area (Å²) in [6, 6.07) is 2.82. The van der Waals surface area contributed by atoms with Crippen molar-refractivity contribution in [3.8, 4) is 0 Å². The number of hydrogen-bond donors (Lipinski definition) is 2. The van der Waals surface area contributed by atoms with Gasteiger partial charge in [0.25, 0.3) is 0 Å². The Morgan fingerprint density at radius 3 is 2.67 bits per heavy atom. The van der Waals surface area contributed by atoms with Crippen LogP contribution in [0.2, 0.25) is 0 Å². The first kappa shape index (κ1) is 14.5. The van der Waals surface area contributed by atoms with Gasteiger partial charge in [0.15, 0.2) is 0 Å². The second kappa shape index (κ2) is 7.71. The van der Waals surface area contributed by atoms with Gasteiger partial charge in [-0.3, -0.25) is 9.78 Å². The Labute approximate surface area is 110 Å². The number of nitrogens with one attached hydrogen (secondary N) is 1. The molecule has 1 aromatic heterocycles. The van der Waals surface area contributed by atoms with E-state index in [0.29, 0.717) is 6.42 Å². The third-order valence-electron chi connectivity index (χ3n) is 2.23. The van der Waals surface area contributed by atoms with Gasteiger partial charge in [0.05, 0.1) is 5.75 Å². The fourth-order valence-electron chi connectivity index (χ4n) is 1.37. The van der Waals surface area contributed by atoms with Gasteiger partial charge in [-0.1, -0.05) is 13.3 Å². The number of rotatable bonds is 7. The van der Waals surface area contributed by atoms with Crippen LogP contribution in [0.5, 0.6) is 0 Å². The van der Waals surface area contributed by atoms with E-state index in [1.807, 2.05) is 6.92 Å². The van der Waals surface area contributed by atoms with Crippen molar-refractivity contribution in [2.75, 3.05) is 5.75 Å². The normalized spacial score (nSPS) is 11.8. The Bertz CT molecular complexity index is 398. The number of amides is 1. The predicted molar refractivity (Wildman–Crippen MR) is 69.4 cm³/mol. The van der Waals surface area contributed by atoms with E-state index in [9.17, 15) is 9.59 Å². The number of carbonyl (C=O) groups excluding carboxylic acids is 1. The standard InChI is InChI=1S/C12H16N2O3S/c1-2-3-10(12(16)17)14-11(15)8-18-9-4-6-13-7-5-9/h4-7,10H,2-3,8H2,1H3,(H,14,15)(H,16,17)/t10-/m1/s1. The average molecular weight is 268 g/mol. The van der Waals surface area contributed by atoms with Crippen LogP contribution in [0.1, 0.15) is 19.8 Å². The second-order valence-corrected chi connectivity index (χ2v) is 4.77. The van der Waals surface area contributed by atoms with E-state index < -0.39 is 12.0 Å². The van der Waals surface area contributed by atoms with Crippen molar-refractivity contribution in [1.29, 1.82) is 0 Å². The van der Waals surface area contributed by atoms with Crippen LogP contribution in [-0.4, -0.2) is 33.8 Å². The van der Waals surface area contributed by atoms with Crippen LogP contribution in [0.4, 0.5) is 0 Å². The summed E-state index contributed by atoms with van der Waals surface area (Å²) in [7, 11) is 0. The van der Waals surface area contributed by atoms with Crippen molar-refractivity contribution in [3.63, 3.8) is 0 Å². The van der Waals surface area contributed by atoms with Crippen LogP contribution < -0.4 is 5.32 Å². The Balaban J connectivity index is 2.39. The number of thioether (sulfide) groups is 1. The summed E-state index contributed by atoms with van der Waals surface area (Å²) in [5.41, 5.74) is 0. The fraction of sp³-hybridized carbons (Fsp3) is 0.417. The lowest BCUT2D eigenvalue weighted by Gasteiger charge is -2.13. The predicted octanol–water partition coefficient (Wildman–Crippen LogP) is 1.54. The van der Waals surface area contributed by atoms with Crippen LogP contribution in [-0.2, 0) is 9.59 Å². The minimum atomic E-state index is -0.987. The summed E-state index contributed by atoms with van der Waals surface area (Å²) in [5, 5.41) is 11.4. The molecule has 0 unspecified atom stereocenters. The molecule has 1 aromatic rings. The molecule has 1 rings (SSSR count). The highest BCUT2D eigenvalue weighted by Gasteiger charge is 2.18. The maximum Gasteiger partial charge on any atom is 0.326 e. The van der Waals surface area contributed by atoms with Gasteiger partial charge in [-0.2, -0.15) is 0 Å². The van der Waals surface area contributed by atoms with Gasteiger partial charge in [0.1, 0.15) is 6.04 Å². The molecule has 1 atom stereocenters. The summed E-state index contributed by atoms with van der Waals surface area (Å²) >= 11 is 1.36. The number of carbonyl (C=O) groups is 2. The van der Waals surface area contributed by atoms with E-state index in [1.54, 1.807) is 24.5 Å². The molecule has 0 aliphatic heterocycles. The second-order valence-electron chi connectivity index (χ2n) is 3.72. The maximum atomic E-state index is 11.6. The first-order chi connectivity index (χ1) is 8.63. The maximum absolute atomic E-state index is 11.6. The molecule has 0 fully saturated rings. The number of pyridine rings is 1. The van der Waals surface area contributed by atoms with Crippen LogP contribution in [0.25, 0.3) is 0 Å². The van der Waals surface area contributed by atoms with Gasteiger partial charge in [0, 0.05) is 17.3 Å². The lowest BCUT2D eigenvalue weighted by atomic mass is 10.2. The van der Waals surface area contributed by atoms with E-state index in [2.05, 4.69) is 10.3 Å². The van der Waals surface area contributed by atoms with E-state index in [4.69, 9.17) is 5.11 Å². The van der Waals surface area contributed by atoms with Crippen LogP contribution in [0, 0.1) is 0 Å². The molecule has 1 heterocycles. The summed E-state index contributed by atoms with van der Waals surface area (Å²) < 4.78 is 0. The Morgan fingerprint density at radius 2 is 2.11 bits per heavy atom. The molecule has 18 heavy (non-hydrogen) atoms. The van der Waals surface area contributed by atoms with Gasteiger partial charge in [-0.25, -0.2) is 4.79 Å². The molecule has 0 saturated heterocycles. The van der Waals surface area contributed by atoms with Gasteiger partial charge < -0.3 is 10.4 Å². The molecule has 0 spiro atoms. The van der Waals surface area contributed by atoms with E-state index in [-0.39, 0.29) is 11.7 Å². The molecule has 1 amide bonds.